The Balaban J connectivity index is 1.41. The van der Waals surface area contributed by atoms with Crippen LogP contribution in [0.2, 0.25) is 0 Å². The molecule has 1 aromatic carbocycles. The number of aromatic nitrogens is 5. The van der Waals surface area contributed by atoms with Gasteiger partial charge in [0.15, 0.2) is 12.1 Å². The molecule has 9 heteroatoms. The van der Waals surface area contributed by atoms with Gasteiger partial charge in [0.25, 0.3) is 5.91 Å². The minimum Gasteiger partial charge on any atom is -0.476 e. The van der Waals surface area contributed by atoms with Crippen LogP contribution in [0, 0.1) is 12.7 Å². The van der Waals surface area contributed by atoms with Crippen LogP contribution < -0.4 is 0 Å². The first-order chi connectivity index (χ1) is 16.6. The van der Waals surface area contributed by atoms with Gasteiger partial charge in [-0.05, 0) is 61.5 Å². The molecule has 1 amide bonds. The third-order valence-corrected chi connectivity index (χ3v) is 5.41. The second-order valence-electron chi connectivity index (χ2n) is 7.77. The van der Waals surface area contributed by atoms with Crippen molar-refractivity contribution in [3.8, 4) is 22.6 Å². The average Bonchev–Trinajstić information content (AvgIpc) is 3.33. The summed E-state index contributed by atoms with van der Waals surface area (Å²) in [6.45, 7) is 2.50. The molecule has 170 valence electrons. The highest BCUT2D eigenvalue weighted by Crippen LogP contribution is 2.23. The molecule has 1 unspecified atom stereocenters. The zero-order chi connectivity index (χ0) is 23.5. The number of aryl methyl sites for hydroxylation is 1. The van der Waals surface area contributed by atoms with Crippen molar-refractivity contribution in [2.45, 2.75) is 19.7 Å². The van der Waals surface area contributed by atoms with E-state index in [1.807, 2.05) is 25.1 Å². The molecular weight excluding hydrogens is 435 g/mol. The topological polar surface area (TPSA) is 86.0 Å². The van der Waals surface area contributed by atoms with Crippen molar-refractivity contribution >= 4 is 5.91 Å². The molecule has 1 aliphatic rings. The predicted molar refractivity (Wildman–Crippen MR) is 123 cm³/mol. The first kappa shape index (κ1) is 21.4. The normalized spacial score (nSPS) is 15.2. The summed E-state index contributed by atoms with van der Waals surface area (Å²) < 4.78 is 20.7. The molecule has 4 heterocycles. The molecule has 0 saturated carbocycles. The fourth-order valence-corrected chi connectivity index (χ4v) is 3.72. The van der Waals surface area contributed by atoms with Gasteiger partial charge >= 0.3 is 0 Å². The van der Waals surface area contributed by atoms with Crippen molar-refractivity contribution in [2.75, 3.05) is 6.54 Å². The Morgan fingerprint density at radius 1 is 1.12 bits per heavy atom. The van der Waals surface area contributed by atoms with E-state index in [4.69, 9.17) is 4.74 Å². The average molecular weight is 456 g/mol. The molecule has 0 aliphatic carbocycles. The molecule has 0 spiro atoms. The van der Waals surface area contributed by atoms with E-state index in [0.717, 1.165) is 5.56 Å². The van der Waals surface area contributed by atoms with E-state index >= 15 is 0 Å². The van der Waals surface area contributed by atoms with Gasteiger partial charge in [0, 0.05) is 36.4 Å². The summed E-state index contributed by atoms with van der Waals surface area (Å²) in [4.78, 5) is 28.3. The Morgan fingerprint density at radius 3 is 2.71 bits per heavy atom. The zero-order valence-electron chi connectivity index (χ0n) is 18.4. The number of ether oxygens (including phenoxy) is 1. The summed E-state index contributed by atoms with van der Waals surface area (Å²) in [5.41, 5.74) is 3.04. The first-order valence-corrected chi connectivity index (χ1v) is 10.7. The highest BCUT2D eigenvalue weighted by molar-refractivity contribution is 5.98. The van der Waals surface area contributed by atoms with E-state index in [1.54, 1.807) is 58.7 Å². The van der Waals surface area contributed by atoms with Crippen LogP contribution in [0.1, 0.15) is 16.2 Å². The third-order valence-electron chi connectivity index (χ3n) is 5.41. The first-order valence-electron chi connectivity index (χ1n) is 10.7. The van der Waals surface area contributed by atoms with Gasteiger partial charge in [0.2, 0.25) is 0 Å². The fraction of sp³-hybridized carbons (Fsp3) is 0.160. The Morgan fingerprint density at radius 2 is 1.91 bits per heavy atom. The summed E-state index contributed by atoms with van der Waals surface area (Å²) in [5.74, 6) is -0.157. The van der Waals surface area contributed by atoms with Gasteiger partial charge < -0.3 is 4.74 Å². The SMILES string of the molecule is Cc1ccc(-c2ncccn2)c(C(=O)N2CC=COC2Cn2ccc(-c3ccc(F)cc3)n2)n1. The number of pyridine rings is 1. The summed E-state index contributed by atoms with van der Waals surface area (Å²) in [6, 6.07) is 13.3. The summed E-state index contributed by atoms with van der Waals surface area (Å²) in [5, 5.41) is 4.57. The van der Waals surface area contributed by atoms with Crippen LogP contribution in [0.15, 0.2) is 79.5 Å². The Labute approximate surface area is 195 Å². The molecular formula is C25H21FN6O2. The second kappa shape index (κ2) is 9.22. The molecule has 1 aliphatic heterocycles. The maximum atomic E-state index is 13.6. The minimum atomic E-state index is -0.592. The van der Waals surface area contributed by atoms with Crippen LogP contribution >= 0.6 is 0 Å². The Hall–Kier alpha value is -4.40. The van der Waals surface area contributed by atoms with Gasteiger partial charge in [0.1, 0.15) is 11.5 Å². The number of benzene rings is 1. The third kappa shape index (κ3) is 4.40. The van der Waals surface area contributed by atoms with Crippen molar-refractivity contribution in [3.05, 3.63) is 96.7 Å². The Kier molecular flexibility index (Phi) is 5.82. The van der Waals surface area contributed by atoms with Crippen molar-refractivity contribution in [1.29, 1.82) is 0 Å². The van der Waals surface area contributed by atoms with Gasteiger partial charge in [-0.3, -0.25) is 14.4 Å². The van der Waals surface area contributed by atoms with Crippen LogP contribution in [0.3, 0.4) is 0 Å². The molecule has 0 bridgehead atoms. The van der Waals surface area contributed by atoms with E-state index < -0.39 is 6.23 Å². The minimum absolute atomic E-state index is 0.266. The largest absolute Gasteiger partial charge is 0.476 e. The molecule has 0 fully saturated rings. The smallest absolute Gasteiger partial charge is 0.276 e. The molecule has 0 N–H and O–H groups in total. The lowest BCUT2D eigenvalue weighted by Crippen LogP contribution is -2.46. The van der Waals surface area contributed by atoms with E-state index in [0.29, 0.717) is 35.9 Å². The highest BCUT2D eigenvalue weighted by Gasteiger charge is 2.30. The number of carbonyl (C=O) groups excluding carboxylic acids is 1. The number of carbonyl (C=O) groups is 1. The number of hydrogen-bond acceptors (Lipinski definition) is 6. The molecule has 0 saturated heterocycles. The van der Waals surface area contributed by atoms with Crippen LogP contribution in [-0.4, -0.2) is 48.3 Å². The maximum absolute atomic E-state index is 13.6. The van der Waals surface area contributed by atoms with Crippen molar-refractivity contribution in [2.24, 2.45) is 0 Å². The van der Waals surface area contributed by atoms with E-state index in [2.05, 4.69) is 20.1 Å². The lowest BCUT2D eigenvalue weighted by atomic mass is 10.1. The highest BCUT2D eigenvalue weighted by atomic mass is 19.1. The summed E-state index contributed by atoms with van der Waals surface area (Å²) in [6.07, 6.45) is 7.83. The summed E-state index contributed by atoms with van der Waals surface area (Å²) >= 11 is 0. The van der Waals surface area contributed by atoms with E-state index in [9.17, 15) is 9.18 Å². The number of hydrogen-bond donors (Lipinski definition) is 0. The van der Waals surface area contributed by atoms with Gasteiger partial charge in [-0.1, -0.05) is 0 Å². The van der Waals surface area contributed by atoms with Gasteiger partial charge in [-0.2, -0.15) is 5.10 Å². The summed E-state index contributed by atoms with van der Waals surface area (Å²) in [7, 11) is 0. The van der Waals surface area contributed by atoms with Crippen LogP contribution in [0.4, 0.5) is 4.39 Å². The molecule has 34 heavy (non-hydrogen) atoms. The van der Waals surface area contributed by atoms with Crippen LogP contribution in [-0.2, 0) is 11.3 Å². The number of halogens is 1. The number of rotatable bonds is 5. The van der Waals surface area contributed by atoms with Gasteiger partial charge in [-0.25, -0.2) is 19.3 Å². The maximum Gasteiger partial charge on any atom is 0.276 e. The van der Waals surface area contributed by atoms with Crippen molar-refractivity contribution in [1.82, 2.24) is 29.6 Å². The molecule has 5 rings (SSSR count). The molecule has 3 aromatic heterocycles. The molecule has 0 radical (unpaired) electrons. The zero-order valence-corrected chi connectivity index (χ0v) is 18.4. The van der Waals surface area contributed by atoms with Crippen molar-refractivity contribution < 1.29 is 13.9 Å². The standard InChI is InChI=1S/C25H21FN6O2/c1-17-4-9-20(24-27-11-2-12-28-24)23(29-17)25(33)32-13-3-15-34-22(32)16-31-14-10-21(30-31)18-5-7-19(26)8-6-18/h2-12,14-15,22H,13,16H2,1H3. The quantitative estimate of drug-likeness (QED) is 0.453. The number of amides is 1. The van der Waals surface area contributed by atoms with E-state index in [-0.39, 0.29) is 17.4 Å². The monoisotopic (exact) mass is 456 g/mol. The van der Waals surface area contributed by atoms with Crippen LogP contribution in [0.25, 0.3) is 22.6 Å². The number of nitrogens with zero attached hydrogens (tertiary/aromatic N) is 6. The molecule has 1 atom stereocenters. The van der Waals surface area contributed by atoms with Gasteiger partial charge in [-0.15, -0.1) is 0 Å². The van der Waals surface area contributed by atoms with Gasteiger partial charge in [0.05, 0.1) is 24.1 Å². The lowest BCUT2D eigenvalue weighted by Gasteiger charge is -2.32. The van der Waals surface area contributed by atoms with Crippen molar-refractivity contribution in [3.63, 3.8) is 0 Å². The Bertz CT molecular complexity index is 1340. The second-order valence-corrected chi connectivity index (χ2v) is 7.77. The molecule has 4 aromatic rings. The molecule has 8 nitrogen and oxygen atoms in total. The van der Waals surface area contributed by atoms with E-state index in [1.165, 1.54) is 12.1 Å². The lowest BCUT2D eigenvalue weighted by molar-refractivity contribution is -0.0177. The fourth-order valence-electron chi connectivity index (χ4n) is 3.72. The predicted octanol–water partition coefficient (Wildman–Crippen LogP) is 3.86. The van der Waals surface area contributed by atoms with Crippen LogP contribution in [0.5, 0.6) is 0 Å².